The second kappa shape index (κ2) is 5.88. The van der Waals surface area contributed by atoms with E-state index in [2.05, 4.69) is 16.9 Å². The van der Waals surface area contributed by atoms with E-state index < -0.39 is 5.41 Å². The summed E-state index contributed by atoms with van der Waals surface area (Å²) < 4.78 is 13.1. The molecule has 0 spiro atoms. The Morgan fingerprint density at radius 3 is 2.40 bits per heavy atom. The standard InChI is InChI=1S/C16H18ClFN2/c1-4-5-13-10-14(17)20-15(19-13)16(2,3)11-6-8-12(18)9-7-11/h6-10H,4-5H2,1-3H3. The number of nitrogens with zero attached hydrogens (tertiary/aromatic N) is 2. The number of aryl methyl sites for hydroxylation is 1. The quantitative estimate of drug-likeness (QED) is 0.773. The molecule has 0 bridgehead atoms. The van der Waals surface area contributed by atoms with Crippen molar-refractivity contribution < 1.29 is 4.39 Å². The number of benzene rings is 1. The highest BCUT2D eigenvalue weighted by atomic mass is 35.5. The molecule has 0 unspecified atom stereocenters. The summed E-state index contributed by atoms with van der Waals surface area (Å²) in [5.74, 6) is 0.420. The normalized spacial score (nSPS) is 11.7. The summed E-state index contributed by atoms with van der Waals surface area (Å²) in [7, 11) is 0. The lowest BCUT2D eigenvalue weighted by molar-refractivity contribution is 0.578. The van der Waals surface area contributed by atoms with E-state index in [0.29, 0.717) is 11.0 Å². The van der Waals surface area contributed by atoms with Gasteiger partial charge in [-0.1, -0.05) is 37.1 Å². The largest absolute Gasteiger partial charge is 0.237 e. The molecule has 0 fully saturated rings. The number of aromatic nitrogens is 2. The summed E-state index contributed by atoms with van der Waals surface area (Å²) in [5.41, 5.74) is 1.49. The zero-order valence-corrected chi connectivity index (χ0v) is 12.7. The molecule has 4 heteroatoms. The van der Waals surface area contributed by atoms with E-state index in [-0.39, 0.29) is 5.82 Å². The fraction of sp³-hybridized carbons (Fsp3) is 0.375. The molecule has 1 heterocycles. The first kappa shape index (κ1) is 14.9. The highest BCUT2D eigenvalue weighted by Crippen LogP contribution is 2.30. The highest BCUT2D eigenvalue weighted by molar-refractivity contribution is 6.29. The smallest absolute Gasteiger partial charge is 0.140 e. The summed E-state index contributed by atoms with van der Waals surface area (Å²) in [6.07, 6.45) is 1.87. The van der Waals surface area contributed by atoms with E-state index in [4.69, 9.17) is 11.6 Å². The van der Waals surface area contributed by atoms with Crippen molar-refractivity contribution in [1.29, 1.82) is 0 Å². The molecule has 2 rings (SSSR count). The minimum atomic E-state index is -0.416. The molecule has 2 nitrogen and oxygen atoms in total. The Morgan fingerprint density at radius 1 is 1.15 bits per heavy atom. The number of hydrogen-bond donors (Lipinski definition) is 0. The Balaban J connectivity index is 2.45. The molecule has 1 aromatic carbocycles. The Hall–Kier alpha value is -1.48. The molecule has 106 valence electrons. The molecule has 0 aliphatic heterocycles. The van der Waals surface area contributed by atoms with Crippen LogP contribution >= 0.6 is 11.6 Å². The van der Waals surface area contributed by atoms with Crippen molar-refractivity contribution in [3.05, 3.63) is 58.4 Å². The van der Waals surface area contributed by atoms with Gasteiger partial charge in [-0.05, 0) is 44.0 Å². The van der Waals surface area contributed by atoms with Crippen LogP contribution in [0.2, 0.25) is 5.15 Å². The van der Waals surface area contributed by atoms with Crippen molar-refractivity contribution in [2.75, 3.05) is 0 Å². The first-order valence-electron chi connectivity index (χ1n) is 6.73. The van der Waals surface area contributed by atoms with Crippen LogP contribution in [0.4, 0.5) is 4.39 Å². The Labute approximate surface area is 124 Å². The maximum Gasteiger partial charge on any atom is 0.140 e. The van der Waals surface area contributed by atoms with Gasteiger partial charge in [-0.3, -0.25) is 0 Å². The molecule has 0 radical (unpaired) electrons. The van der Waals surface area contributed by atoms with Crippen molar-refractivity contribution in [2.24, 2.45) is 0 Å². The van der Waals surface area contributed by atoms with Gasteiger partial charge in [0.05, 0.1) is 0 Å². The summed E-state index contributed by atoms with van der Waals surface area (Å²) in [5, 5.41) is 0.452. The first-order valence-corrected chi connectivity index (χ1v) is 7.11. The maximum atomic E-state index is 13.1. The Bertz CT molecular complexity index is 594. The van der Waals surface area contributed by atoms with Gasteiger partial charge in [-0.25, -0.2) is 14.4 Å². The van der Waals surface area contributed by atoms with Crippen LogP contribution < -0.4 is 0 Å². The van der Waals surface area contributed by atoms with Gasteiger partial charge in [-0.2, -0.15) is 0 Å². The highest BCUT2D eigenvalue weighted by Gasteiger charge is 2.27. The summed E-state index contributed by atoms with van der Waals surface area (Å²) in [6.45, 7) is 6.13. The summed E-state index contributed by atoms with van der Waals surface area (Å²) in [6, 6.07) is 8.23. The predicted molar refractivity (Wildman–Crippen MR) is 79.6 cm³/mol. The van der Waals surface area contributed by atoms with Crippen LogP contribution in [0.1, 0.15) is 44.3 Å². The van der Waals surface area contributed by atoms with E-state index in [9.17, 15) is 4.39 Å². The molecule has 0 N–H and O–H groups in total. The lowest BCUT2D eigenvalue weighted by Crippen LogP contribution is -2.23. The number of hydrogen-bond acceptors (Lipinski definition) is 2. The molecule has 0 atom stereocenters. The molecule has 2 aromatic rings. The third kappa shape index (κ3) is 3.15. The number of halogens is 2. The molecule has 0 aliphatic rings. The monoisotopic (exact) mass is 292 g/mol. The topological polar surface area (TPSA) is 25.8 Å². The van der Waals surface area contributed by atoms with Crippen LogP contribution in [-0.4, -0.2) is 9.97 Å². The van der Waals surface area contributed by atoms with Crippen LogP contribution in [0.5, 0.6) is 0 Å². The van der Waals surface area contributed by atoms with Gasteiger partial charge in [-0.15, -0.1) is 0 Å². The van der Waals surface area contributed by atoms with Crippen molar-refractivity contribution >= 4 is 11.6 Å². The van der Waals surface area contributed by atoms with Crippen LogP contribution in [-0.2, 0) is 11.8 Å². The third-order valence-electron chi connectivity index (χ3n) is 3.38. The Kier molecular flexibility index (Phi) is 4.39. The average molecular weight is 293 g/mol. The lowest BCUT2D eigenvalue weighted by Gasteiger charge is -2.24. The van der Waals surface area contributed by atoms with Gasteiger partial charge < -0.3 is 0 Å². The van der Waals surface area contributed by atoms with Gasteiger partial charge in [0.15, 0.2) is 0 Å². The van der Waals surface area contributed by atoms with Gasteiger partial charge >= 0.3 is 0 Å². The van der Waals surface area contributed by atoms with Crippen molar-refractivity contribution in [1.82, 2.24) is 9.97 Å². The average Bonchev–Trinajstić information content (AvgIpc) is 2.39. The van der Waals surface area contributed by atoms with Crippen LogP contribution in [0.3, 0.4) is 0 Å². The second-order valence-corrected chi connectivity index (χ2v) is 5.77. The van der Waals surface area contributed by atoms with Crippen LogP contribution in [0.15, 0.2) is 30.3 Å². The Morgan fingerprint density at radius 2 is 1.80 bits per heavy atom. The van der Waals surface area contributed by atoms with Gasteiger partial charge in [0.1, 0.15) is 16.8 Å². The minimum Gasteiger partial charge on any atom is -0.237 e. The van der Waals surface area contributed by atoms with E-state index >= 15 is 0 Å². The zero-order chi connectivity index (χ0) is 14.8. The fourth-order valence-electron chi connectivity index (χ4n) is 2.12. The summed E-state index contributed by atoms with van der Waals surface area (Å²) in [4.78, 5) is 8.95. The molecular formula is C16H18ClFN2. The van der Waals surface area contributed by atoms with Crippen molar-refractivity contribution in [2.45, 2.75) is 39.0 Å². The third-order valence-corrected chi connectivity index (χ3v) is 3.57. The van der Waals surface area contributed by atoms with E-state index in [1.54, 1.807) is 18.2 Å². The number of rotatable bonds is 4. The predicted octanol–water partition coefficient (Wildman–Crippen LogP) is 4.55. The van der Waals surface area contributed by atoms with Gasteiger partial charge in [0, 0.05) is 11.1 Å². The van der Waals surface area contributed by atoms with Crippen LogP contribution in [0, 0.1) is 5.82 Å². The fourth-order valence-corrected chi connectivity index (χ4v) is 2.33. The van der Waals surface area contributed by atoms with Gasteiger partial charge in [0.25, 0.3) is 0 Å². The lowest BCUT2D eigenvalue weighted by atomic mass is 9.83. The molecule has 0 amide bonds. The van der Waals surface area contributed by atoms with E-state index in [0.717, 1.165) is 24.1 Å². The zero-order valence-electron chi connectivity index (χ0n) is 12.0. The second-order valence-electron chi connectivity index (χ2n) is 5.39. The van der Waals surface area contributed by atoms with Crippen molar-refractivity contribution in [3.63, 3.8) is 0 Å². The molecular weight excluding hydrogens is 275 g/mol. The molecule has 20 heavy (non-hydrogen) atoms. The van der Waals surface area contributed by atoms with Gasteiger partial charge in [0.2, 0.25) is 0 Å². The minimum absolute atomic E-state index is 0.247. The molecule has 0 saturated carbocycles. The van der Waals surface area contributed by atoms with Crippen molar-refractivity contribution in [3.8, 4) is 0 Å². The molecule has 0 aliphatic carbocycles. The van der Waals surface area contributed by atoms with E-state index in [1.807, 2.05) is 13.8 Å². The van der Waals surface area contributed by atoms with E-state index in [1.165, 1.54) is 12.1 Å². The first-order chi connectivity index (χ1) is 9.43. The maximum absolute atomic E-state index is 13.1. The molecule has 1 aromatic heterocycles. The SMILES string of the molecule is CCCc1cc(Cl)nc(C(C)(C)c2ccc(F)cc2)n1. The van der Waals surface area contributed by atoms with Crippen LogP contribution in [0.25, 0.3) is 0 Å². The summed E-state index contributed by atoms with van der Waals surface area (Å²) >= 11 is 6.09. The molecule has 0 saturated heterocycles.